The van der Waals surface area contributed by atoms with Gasteiger partial charge in [-0.15, -0.1) is 5.10 Å². The average Bonchev–Trinajstić information content (AvgIpc) is 3.22. The summed E-state index contributed by atoms with van der Waals surface area (Å²) in [6.07, 6.45) is -0.0200. The Morgan fingerprint density at radius 2 is 1.93 bits per heavy atom. The molecule has 9 nitrogen and oxygen atoms in total. The number of aromatic nitrogens is 4. The molecule has 2 aromatic carbocycles. The van der Waals surface area contributed by atoms with E-state index >= 15 is 0 Å². The minimum Gasteiger partial charge on any atom is -0.493 e. The molecule has 3 heterocycles. The van der Waals surface area contributed by atoms with Crippen LogP contribution in [0, 0.1) is 25.2 Å². The second kappa shape index (κ2) is 11.4. The molecule has 0 saturated carbocycles. The zero-order valence-corrected chi connectivity index (χ0v) is 25.8. The molecule has 0 unspecified atom stereocenters. The largest absolute Gasteiger partial charge is 0.493 e. The number of hydrogen-bond donors (Lipinski definition) is 1. The summed E-state index contributed by atoms with van der Waals surface area (Å²) in [5.74, 6) is 0.436. The average molecular weight is 572 g/mol. The first-order valence-electron chi connectivity index (χ1n) is 14.4. The molecule has 0 spiro atoms. The lowest BCUT2D eigenvalue weighted by Gasteiger charge is -2.34. The van der Waals surface area contributed by atoms with E-state index in [0.717, 1.165) is 51.1 Å². The summed E-state index contributed by atoms with van der Waals surface area (Å²) >= 11 is 0. The molecule has 1 aliphatic heterocycles. The normalized spacial score (nSPS) is 16.6. The van der Waals surface area contributed by atoms with Crippen molar-refractivity contribution in [2.24, 2.45) is 18.4 Å². The zero-order chi connectivity index (χ0) is 30.3. The van der Waals surface area contributed by atoms with E-state index in [2.05, 4.69) is 65.2 Å². The molecule has 1 N–H and O–H groups in total. The Balaban J connectivity index is 1.58. The first kappa shape index (κ1) is 29.5. The number of aromatic hydroxyl groups is 1. The smallest absolute Gasteiger partial charge is 0.312 e. The van der Waals surface area contributed by atoms with Gasteiger partial charge in [0.25, 0.3) is 0 Å². The standard InChI is InChI=1S/C33H41N5O4/c1-19(2)28-18-38(17-25-27(42-28)13-14-29(39)34-25)16-23-15-22(10-9-20(23)3)30(33(5,6)32(40)41-8)24-11-12-26-31(21(24)4)35-36-37(26)7/h9-15,19,28,30H,16-18H2,1-8H3,(H,34,39)/t28-,30+/m1/s1. The van der Waals surface area contributed by atoms with Crippen LogP contribution in [0.1, 0.15) is 67.1 Å². The summed E-state index contributed by atoms with van der Waals surface area (Å²) in [5.41, 5.74) is 6.99. The minimum atomic E-state index is -0.860. The number of benzene rings is 2. The summed E-state index contributed by atoms with van der Waals surface area (Å²) in [6, 6.07) is 14.0. The van der Waals surface area contributed by atoms with Crippen molar-refractivity contribution in [1.29, 1.82) is 0 Å². The van der Waals surface area contributed by atoms with Gasteiger partial charge in [0.1, 0.15) is 23.1 Å². The van der Waals surface area contributed by atoms with Crippen molar-refractivity contribution in [2.45, 2.75) is 66.7 Å². The van der Waals surface area contributed by atoms with E-state index in [0.29, 0.717) is 24.8 Å². The Morgan fingerprint density at radius 3 is 2.64 bits per heavy atom. The highest BCUT2D eigenvalue weighted by molar-refractivity contribution is 5.82. The number of esters is 1. The molecule has 0 saturated heterocycles. The number of aryl methyl sites for hydroxylation is 3. The first-order chi connectivity index (χ1) is 19.9. The number of carbonyl (C=O) groups excluding carboxylic acids is 1. The predicted octanol–water partition coefficient (Wildman–Crippen LogP) is 5.44. The number of ether oxygens (including phenoxy) is 2. The molecule has 0 bridgehead atoms. The molecule has 0 fully saturated rings. The van der Waals surface area contributed by atoms with Crippen molar-refractivity contribution in [1.82, 2.24) is 24.9 Å². The lowest BCUT2D eigenvalue weighted by molar-refractivity contribution is -0.151. The van der Waals surface area contributed by atoms with Gasteiger partial charge in [-0.25, -0.2) is 9.67 Å². The van der Waals surface area contributed by atoms with Gasteiger partial charge >= 0.3 is 5.97 Å². The Bertz CT molecular complexity index is 1630. The number of carbonyl (C=O) groups is 1. The summed E-state index contributed by atoms with van der Waals surface area (Å²) < 4.78 is 13.4. The monoisotopic (exact) mass is 571 g/mol. The molecule has 0 amide bonds. The van der Waals surface area contributed by atoms with Crippen LogP contribution in [-0.2, 0) is 29.7 Å². The van der Waals surface area contributed by atoms with E-state index in [1.54, 1.807) is 16.8 Å². The molecular weight excluding hydrogens is 530 g/mol. The molecule has 42 heavy (non-hydrogen) atoms. The summed E-state index contributed by atoms with van der Waals surface area (Å²) in [6.45, 7) is 14.3. The van der Waals surface area contributed by atoms with Crippen LogP contribution < -0.4 is 4.74 Å². The van der Waals surface area contributed by atoms with E-state index in [4.69, 9.17) is 9.47 Å². The second-order valence-electron chi connectivity index (χ2n) is 12.4. The number of pyridine rings is 1. The third kappa shape index (κ3) is 5.45. The Hall–Kier alpha value is -3.98. The van der Waals surface area contributed by atoms with E-state index in [9.17, 15) is 9.90 Å². The fourth-order valence-electron chi connectivity index (χ4n) is 6.11. The van der Waals surface area contributed by atoms with Gasteiger partial charge in [0.2, 0.25) is 5.88 Å². The number of fused-ring (bicyclic) bond motifs is 2. The van der Waals surface area contributed by atoms with Gasteiger partial charge in [-0.2, -0.15) is 0 Å². The Labute approximate surface area is 247 Å². The highest BCUT2D eigenvalue weighted by atomic mass is 16.5. The van der Waals surface area contributed by atoms with Crippen LogP contribution in [0.3, 0.4) is 0 Å². The van der Waals surface area contributed by atoms with E-state index in [1.807, 2.05) is 33.9 Å². The molecule has 4 aromatic rings. The maximum atomic E-state index is 13.2. The van der Waals surface area contributed by atoms with Gasteiger partial charge < -0.3 is 14.6 Å². The number of nitrogens with zero attached hydrogens (tertiary/aromatic N) is 5. The third-order valence-electron chi connectivity index (χ3n) is 8.67. The second-order valence-corrected chi connectivity index (χ2v) is 12.4. The van der Waals surface area contributed by atoms with Crippen LogP contribution in [-0.4, -0.2) is 55.7 Å². The van der Waals surface area contributed by atoms with Gasteiger partial charge in [-0.1, -0.05) is 43.3 Å². The van der Waals surface area contributed by atoms with Crippen molar-refractivity contribution < 1.29 is 19.4 Å². The predicted molar refractivity (Wildman–Crippen MR) is 161 cm³/mol. The molecule has 5 rings (SSSR count). The molecule has 2 aromatic heterocycles. The number of methoxy groups -OCH3 is 1. The van der Waals surface area contributed by atoms with Crippen LogP contribution in [0.25, 0.3) is 11.0 Å². The van der Waals surface area contributed by atoms with Crippen LogP contribution in [0.4, 0.5) is 0 Å². The first-order valence-corrected chi connectivity index (χ1v) is 14.4. The van der Waals surface area contributed by atoms with Crippen molar-refractivity contribution in [3.05, 3.63) is 76.0 Å². The lowest BCUT2D eigenvalue weighted by atomic mass is 9.69. The maximum absolute atomic E-state index is 13.2. The Kier molecular flexibility index (Phi) is 7.98. The zero-order valence-electron chi connectivity index (χ0n) is 25.8. The third-order valence-corrected chi connectivity index (χ3v) is 8.67. The van der Waals surface area contributed by atoms with E-state index < -0.39 is 5.41 Å². The molecule has 2 atom stereocenters. The quantitative estimate of drug-likeness (QED) is 0.293. The minimum absolute atomic E-state index is 0.0122. The van der Waals surface area contributed by atoms with E-state index in [1.165, 1.54) is 7.11 Å². The molecule has 222 valence electrons. The van der Waals surface area contributed by atoms with Crippen LogP contribution in [0.2, 0.25) is 0 Å². The number of rotatable bonds is 7. The van der Waals surface area contributed by atoms with E-state index in [-0.39, 0.29) is 23.9 Å². The van der Waals surface area contributed by atoms with Crippen LogP contribution >= 0.6 is 0 Å². The molecule has 0 radical (unpaired) electrons. The van der Waals surface area contributed by atoms with Crippen molar-refractivity contribution in [3.63, 3.8) is 0 Å². The van der Waals surface area contributed by atoms with Crippen LogP contribution in [0.15, 0.2) is 42.5 Å². The van der Waals surface area contributed by atoms with Crippen molar-refractivity contribution in [3.8, 4) is 11.6 Å². The molecule has 1 aliphatic rings. The van der Waals surface area contributed by atoms with Gasteiger partial charge in [-0.05, 0) is 73.6 Å². The van der Waals surface area contributed by atoms with Gasteiger partial charge in [0.15, 0.2) is 0 Å². The van der Waals surface area contributed by atoms with Crippen LogP contribution in [0.5, 0.6) is 11.6 Å². The van der Waals surface area contributed by atoms with Gasteiger partial charge in [-0.3, -0.25) is 9.69 Å². The highest BCUT2D eigenvalue weighted by Crippen LogP contribution is 2.44. The SMILES string of the molecule is COC(=O)C(C)(C)[C@@H](c1ccc(C)c(CN2Cc3nc(O)ccc3O[C@@H](C(C)C)C2)c1)c1ccc2c(nnn2C)c1C. The summed E-state index contributed by atoms with van der Waals surface area (Å²) in [5, 5.41) is 18.7. The van der Waals surface area contributed by atoms with Crippen molar-refractivity contribution in [2.75, 3.05) is 13.7 Å². The molecule has 9 heteroatoms. The fourth-order valence-corrected chi connectivity index (χ4v) is 6.11. The van der Waals surface area contributed by atoms with Gasteiger partial charge in [0, 0.05) is 38.7 Å². The lowest BCUT2D eigenvalue weighted by Crippen LogP contribution is -2.36. The number of hydrogen-bond acceptors (Lipinski definition) is 8. The van der Waals surface area contributed by atoms with Crippen molar-refractivity contribution >= 4 is 17.0 Å². The maximum Gasteiger partial charge on any atom is 0.312 e. The highest BCUT2D eigenvalue weighted by Gasteiger charge is 2.41. The topological polar surface area (TPSA) is 103 Å². The summed E-state index contributed by atoms with van der Waals surface area (Å²) in [4.78, 5) is 20.0. The summed E-state index contributed by atoms with van der Waals surface area (Å²) in [7, 11) is 3.32. The molecular formula is C33H41N5O4. The Morgan fingerprint density at radius 1 is 1.17 bits per heavy atom. The molecule has 0 aliphatic carbocycles. The fraction of sp³-hybridized carbons (Fsp3) is 0.455. The van der Waals surface area contributed by atoms with Gasteiger partial charge in [0.05, 0.1) is 18.0 Å².